The SMILES string of the molecule is O=c1cc(-c2noc(C(F)(F)F)n2)ccn1Cc1cccc(C(F)(F)F)n1. The molecule has 0 aliphatic rings. The number of hydrogen-bond acceptors (Lipinski definition) is 5. The molecule has 0 bridgehead atoms. The molecule has 3 rings (SSSR count). The summed E-state index contributed by atoms with van der Waals surface area (Å²) in [5.41, 5.74) is -1.84. The molecule has 0 fully saturated rings. The van der Waals surface area contributed by atoms with E-state index in [1.54, 1.807) is 0 Å². The van der Waals surface area contributed by atoms with Crippen LogP contribution in [0.5, 0.6) is 0 Å². The van der Waals surface area contributed by atoms with E-state index in [0.717, 1.165) is 22.8 Å². The van der Waals surface area contributed by atoms with Crippen LogP contribution in [-0.4, -0.2) is 19.7 Å². The van der Waals surface area contributed by atoms with Crippen LogP contribution in [0.2, 0.25) is 0 Å². The minimum atomic E-state index is -4.82. The number of halogens is 6. The van der Waals surface area contributed by atoms with E-state index in [9.17, 15) is 31.1 Å². The molecule has 0 aromatic carbocycles. The Morgan fingerprint density at radius 2 is 1.74 bits per heavy atom. The second-order valence-electron chi connectivity index (χ2n) is 5.31. The second kappa shape index (κ2) is 6.52. The first-order valence-corrected chi connectivity index (χ1v) is 7.19. The molecule has 0 aliphatic carbocycles. The van der Waals surface area contributed by atoms with E-state index in [4.69, 9.17) is 0 Å². The molecule has 12 heteroatoms. The zero-order chi connectivity index (χ0) is 19.8. The molecule has 3 aromatic heterocycles. The summed E-state index contributed by atoms with van der Waals surface area (Å²) in [6.45, 7) is -0.261. The molecule has 0 N–H and O–H groups in total. The van der Waals surface area contributed by atoms with Gasteiger partial charge >= 0.3 is 18.2 Å². The number of aromatic nitrogens is 4. The van der Waals surface area contributed by atoms with E-state index < -0.39 is 35.3 Å². The molecule has 142 valence electrons. The van der Waals surface area contributed by atoms with Crippen molar-refractivity contribution in [2.24, 2.45) is 0 Å². The summed E-state index contributed by atoms with van der Waals surface area (Å²) >= 11 is 0. The lowest BCUT2D eigenvalue weighted by molar-refractivity contribution is -0.159. The molecule has 0 amide bonds. The first kappa shape index (κ1) is 18.6. The lowest BCUT2D eigenvalue weighted by Gasteiger charge is -2.09. The number of alkyl halides is 6. The maximum absolute atomic E-state index is 12.7. The van der Waals surface area contributed by atoms with Gasteiger partial charge in [-0.25, -0.2) is 4.98 Å². The van der Waals surface area contributed by atoms with E-state index in [0.29, 0.717) is 0 Å². The van der Waals surface area contributed by atoms with E-state index in [1.807, 2.05) is 0 Å². The van der Waals surface area contributed by atoms with Gasteiger partial charge in [0.1, 0.15) is 5.69 Å². The third-order valence-electron chi connectivity index (χ3n) is 3.35. The molecule has 0 saturated carbocycles. The summed E-state index contributed by atoms with van der Waals surface area (Å²) in [4.78, 5) is 18.7. The predicted octanol–water partition coefficient (Wildman–Crippen LogP) is 3.38. The average molecular weight is 390 g/mol. The van der Waals surface area contributed by atoms with Crippen molar-refractivity contribution in [2.45, 2.75) is 18.9 Å². The number of nitrogens with zero attached hydrogens (tertiary/aromatic N) is 4. The first-order chi connectivity index (χ1) is 12.5. The fourth-order valence-corrected chi connectivity index (χ4v) is 2.13. The molecule has 0 spiro atoms. The van der Waals surface area contributed by atoms with Gasteiger partial charge in [-0.05, 0) is 18.2 Å². The molecular weight excluding hydrogens is 382 g/mol. The lowest BCUT2D eigenvalue weighted by atomic mass is 10.2. The van der Waals surface area contributed by atoms with Gasteiger partial charge in [0, 0.05) is 17.8 Å². The molecule has 3 aromatic rings. The van der Waals surface area contributed by atoms with Crippen LogP contribution in [0.3, 0.4) is 0 Å². The molecule has 6 nitrogen and oxygen atoms in total. The van der Waals surface area contributed by atoms with Gasteiger partial charge in [0.25, 0.3) is 5.56 Å². The number of rotatable bonds is 3. The zero-order valence-corrected chi connectivity index (χ0v) is 13.0. The van der Waals surface area contributed by atoms with Crippen LogP contribution in [-0.2, 0) is 18.9 Å². The Morgan fingerprint density at radius 1 is 1.00 bits per heavy atom. The quantitative estimate of drug-likeness (QED) is 0.641. The zero-order valence-electron chi connectivity index (χ0n) is 13.0. The van der Waals surface area contributed by atoms with Crippen LogP contribution in [0.1, 0.15) is 17.3 Å². The molecule has 0 radical (unpaired) electrons. The van der Waals surface area contributed by atoms with Crippen molar-refractivity contribution in [1.82, 2.24) is 19.7 Å². The highest BCUT2D eigenvalue weighted by Crippen LogP contribution is 2.29. The van der Waals surface area contributed by atoms with Crippen molar-refractivity contribution in [3.63, 3.8) is 0 Å². The van der Waals surface area contributed by atoms with Gasteiger partial charge in [0.05, 0.1) is 12.2 Å². The van der Waals surface area contributed by atoms with Gasteiger partial charge in [0.2, 0.25) is 5.82 Å². The Morgan fingerprint density at radius 3 is 2.33 bits per heavy atom. The molecule has 0 aliphatic heterocycles. The summed E-state index contributed by atoms with van der Waals surface area (Å²) in [6.07, 6.45) is -8.27. The van der Waals surface area contributed by atoms with Crippen molar-refractivity contribution >= 4 is 0 Å². The highest BCUT2D eigenvalue weighted by molar-refractivity contribution is 5.52. The Kier molecular flexibility index (Phi) is 4.49. The van der Waals surface area contributed by atoms with Crippen LogP contribution < -0.4 is 5.56 Å². The lowest BCUT2D eigenvalue weighted by Crippen LogP contribution is -2.20. The third-order valence-corrected chi connectivity index (χ3v) is 3.35. The van der Waals surface area contributed by atoms with Gasteiger partial charge in [-0.3, -0.25) is 4.79 Å². The van der Waals surface area contributed by atoms with Crippen LogP contribution in [0.4, 0.5) is 26.3 Å². The molecule has 3 heterocycles. The van der Waals surface area contributed by atoms with E-state index in [-0.39, 0.29) is 17.8 Å². The van der Waals surface area contributed by atoms with Crippen molar-refractivity contribution in [2.75, 3.05) is 0 Å². The van der Waals surface area contributed by atoms with E-state index in [2.05, 4.69) is 19.6 Å². The van der Waals surface area contributed by atoms with Crippen LogP contribution in [0, 0.1) is 0 Å². The van der Waals surface area contributed by atoms with Crippen molar-refractivity contribution in [1.29, 1.82) is 0 Å². The Labute approximate surface area is 146 Å². The fourth-order valence-electron chi connectivity index (χ4n) is 2.13. The maximum atomic E-state index is 12.7. The van der Waals surface area contributed by atoms with Crippen molar-refractivity contribution in [3.05, 3.63) is 64.2 Å². The standard InChI is InChI=1S/C15H8F6N4O2/c16-14(17,18)10-3-1-2-9(22-10)7-25-5-4-8(6-11(25)26)12-23-13(27-24-12)15(19,20)21/h1-6H,7H2. The minimum absolute atomic E-state index is 0.0152. The van der Waals surface area contributed by atoms with E-state index >= 15 is 0 Å². The number of hydrogen-bond donors (Lipinski definition) is 0. The van der Waals surface area contributed by atoms with Crippen molar-refractivity contribution < 1.29 is 30.9 Å². The van der Waals surface area contributed by atoms with Gasteiger partial charge in [-0.2, -0.15) is 31.3 Å². The van der Waals surface area contributed by atoms with Crippen LogP contribution in [0.25, 0.3) is 11.4 Å². The van der Waals surface area contributed by atoms with Gasteiger partial charge < -0.3 is 9.09 Å². The van der Waals surface area contributed by atoms with Crippen LogP contribution >= 0.6 is 0 Å². The van der Waals surface area contributed by atoms with Gasteiger partial charge in [-0.1, -0.05) is 11.2 Å². The predicted molar refractivity (Wildman–Crippen MR) is 77.3 cm³/mol. The monoisotopic (exact) mass is 390 g/mol. The second-order valence-corrected chi connectivity index (χ2v) is 5.31. The molecule has 0 unspecified atom stereocenters. The topological polar surface area (TPSA) is 73.8 Å². The largest absolute Gasteiger partial charge is 0.471 e. The average Bonchev–Trinajstić information content (AvgIpc) is 3.06. The summed E-state index contributed by atoms with van der Waals surface area (Å²) in [5.74, 6) is -2.00. The van der Waals surface area contributed by atoms with E-state index in [1.165, 1.54) is 18.3 Å². The molecule has 0 saturated heterocycles. The highest BCUT2D eigenvalue weighted by atomic mass is 19.4. The summed E-state index contributed by atoms with van der Waals surface area (Å²) in [5, 5.41) is 3.15. The van der Waals surface area contributed by atoms with Gasteiger partial charge in [-0.15, -0.1) is 0 Å². The Hall–Kier alpha value is -3.18. The molecule has 27 heavy (non-hydrogen) atoms. The van der Waals surface area contributed by atoms with Crippen LogP contribution in [0.15, 0.2) is 45.8 Å². The number of pyridine rings is 2. The third kappa shape index (κ3) is 4.15. The molecule has 0 atom stereocenters. The summed E-state index contributed by atoms with van der Waals surface area (Å²) in [7, 11) is 0. The maximum Gasteiger partial charge on any atom is 0.471 e. The normalized spacial score (nSPS) is 12.4. The Bertz CT molecular complexity index is 1020. The smallest absolute Gasteiger partial charge is 0.329 e. The highest BCUT2D eigenvalue weighted by Gasteiger charge is 2.38. The van der Waals surface area contributed by atoms with Crippen molar-refractivity contribution in [3.8, 4) is 11.4 Å². The van der Waals surface area contributed by atoms with Gasteiger partial charge in [0.15, 0.2) is 0 Å². The first-order valence-electron chi connectivity index (χ1n) is 7.19. The summed E-state index contributed by atoms with van der Waals surface area (Å²) in [6, 6.07) is 5.44. The molecular formula is C15H8F6N4O2. The minimum Gasteiger partial charge on any atom is -0.329 e. The summed E-state index contributed by atoms with van der Waals surface area (Å²) < 4.78 is 80.6. The fraction of sp³-hybridized carbons (Fsp3) is 0.200. The Balaban J connectivity index is 1.86.